The van der Waals surface area contributed by atoms with Crippen LogP contribution in [0.5, 0.6) is 0 Å². The van der Waals surface area contributed by atoms with Gasteiger partial charge in [-0.3, -0.25) is 19.8 Å². The second-order valence-corrected chi connectivity index (χ2v) is 9.19. The number of carbonyl (C=O) groups is 2. The average molecular weight is 429 g/mol. The van der Waals surface area contributed by atoms with Gasteiger partial charge >= 0.3 is 0 Å². The number of hydrogen-bond acceptors (Lipinski definition) is 6. The van der Waals surface area contributed by atoms with Gasteiger partial charge in [0.1, 0.15) is 0 Å². The third kappa shape index (κ3) is 4.15. The fraction of sp³-hybridized carbons (Fsp3) is 0.333. The summed E-state index contributed by atoms with van der Waals surface area (Å²) in [5.41, 5.74) is 2.39. The molecule has 0 radical (unpaired) electrons. The van der Waals surface area contributed by atoms with Crippen molar-refractivity contribution in [3.63, 3.8) is 0 Å². The van der Waals surface area contributed by atoms with Crippen molar-refractivity contribution in [2.24, 2.45) is 0 Å². The van der Waals surface area contributed by atoms with E-state index in [1.807, 2.05) is 25.1 Å². The van der Waals surface area contributed by atoms with Gasteiger partial charge in [-0.25, -0.2) is 13.1 Å². The van der Waals surface area contributed by atoms with E-state index in [2.05, 4.69) is 21.0 Å². The summed E-state index contributed by atoms with van der Waals surface area (Å²) in [6.45, 7) is 4.80. The molecule has 8 nitrogen and oxygen atoms in total. The molecule has 1 unspecified atom stereocenters. The van der Waals surface area contributed by atoms with Crippen LogP contribution in [0.4, 0.5) is 0 Å². The van der Waals surface area contributed by atoms with Crippen LogP contribution in [0.1, 0.15) is 37.9 Å². The first kappa shape index (κ1) is 20.7. The first-order chi connectivity index (χ1) is 14.3. The molecule has 1 atom stereocenters. The van der Waals surface area contributed by atoms with Gasteiger partial charge in [0.25, 0.3) is 11.8 Å². The maximum absolute atomic E-state index is 12.9. The first-order valence-electron chi connectivity index (χ1n) is 9.73. The molecule has 2 aliphatic heterocycles. The standard InChI is InChI=1S/C21H23N3O5S/c1-14-3-2-4-15(11-14)19(24-7-9-29-10-8-24)13-22-30(27,28)16-5-6-17-18(12-16)21(26)23-20(17)25/h2-6,11-12,19,22H,7-10,13H2,1H3,(H,23,25,26). The Balaban J connectivity index is 1.57. The Bertz CT molecular complexity index is 1090. The second-order valence-electron chi connectivity index (χ2n) is 7.42. The molecule has 2 aromatic rings. The lowest BCUT2D eigenvalue weighted by atomic mass is 10.0. The Morgan fingerprint density at radius 2 is 1.80 bits per heavy atom. The molecule has 0 bridgehead atoms. The molecule has 158 valence electrons. The third-order valence-corrected chi connectivity index (χ3v) is 6.82. The van der Waals surface area contributed by atoms with Crippen LogP contribution >= 0.6 is 0 Å². The number of nitrogens with zero attached hydrogens (tertiary/aromatic N) is 1. The van der Waals surface area contributed by atoms with Gasteiger partial charge in [0.2, 0.25) is 10.0 Å². The van der Waals surface area contributed by atoms with E-state index >= 15 is 0 Å². The highest BCUT2D eigenvalue weighted by Crippen LogP contribution is 2.24. The quantitative estimate of drug-likeness (QED) is 0.670. The molecule has 2 heterocycles. The van der Waals surface area contributed by atoms with Gasteiger partial charge < -0.3 is 4.74 Å². The van der Waals surface area contributed by atoms with Crippen LogP contribution in [0.15, 0.2) is 47.4 Å². The van der Waals surface area contributed by atoms with Gasteiger partial charge in [0.05, 0.1) is 29.2 Å². The summed E-state index contributed by atoms with van der Waals surface area (Å²) in [5.74, 6) is -1.10. The molecule has 2 amide bonds. The van der Waals surface area contributed by atoms with Crippen LogP contribution in [-0.4, -0.2) is 58.0 Å². The molecule has 2 N–H and O–H groups in total. The highest BCUT2D eigenvalue weighted by Gasteiger charge is 2.30. The summed E-state index contributed by atoms with van der Waals surface area (Å²) in [4.78, 5) is 25.7. The molecule has 2 aliphatic rings. The van der Waals surface area contributed by atoms with Crippen molar-refractivity contribution in [2.45, 2.75) is 17.9 Å². The van der Waals surface area contributed by atoms with Crippen molar-refractivity contribution in [3.05, 3.63) is 64.7 Å². The number of aryl methyl sites for hydroxylation is 1. The second kappa shape index (κ2) is 8.27. The minimum absolute atomic E-state index is 0.0453. The van der Waals surface area contributed by atoms with Gasteiger partial charge in [-0.05, 0) is 30.7 Å². The minimum Gasteiger partial charge on any atom is -0.379 e. The van der Waals surface area contributed by atoms with Crippen LogP contribution in [0, 0.1) is 6.92 Å². The molecule has 1 fully saturated rings. The maximum atomic E-state index is 12.9. The summed E-state index contributed by atoms with van der Waals surface area (Å²) >= 11 is 0. The number of imide groups is 1. The average Bonchev–Trinajstić information content (AvgIpc) is 3.02. The summed E-state index contributed by atoms with van der Waals surface area (Å²) in [5, 5.41) is 2.17. The van der Waals surface area contributed by atoms with E-state index in [0.29, 0.717) is 26.3 Å². The number of rotatable bonds is 6. The largest absolute Gasteiger partial charge is 0.379 e. The Labute approximate surface area is 175 Å². The number of amides is 2. The zero-order chi connectivity index (χ0) is 21.3. The predicted molar refractivity (Wildman–Crippen MR) is 110 cm³/mol. The van der Waals surface area contributed by atoms with E-state index in [1.54, 1.807) is 0 Å². The van der Waals surface area contributed by atoms with Crippen molar-refractivity contribution < 1.29 is 22.7 Å². The van der Waals surface area contributed by atoms with Crippen LogP contribution in [0.2, 0.25) is 0 Å². The van der Waals surface area contributed by atoms with E-state index in [-0.39, 0.29) is 28.6 Å². The van der Waals surface area contributed by atoms with E-state index in [0.717, 1.165) is 11.1 Å². The Morgan fingerprint density at radius 1 is 1.07 bits per heavy atom. The topological polar surface area (TPSA) is 105 Å². The SMILES string of the molecule is Cc1cccc(C(CNS(=O)(=O)c2ccc3c(c2)C(=O)NC3=O)N2CCOCC2)c1. The fourth-order valence-electron chi connectivity index (χ4n) is 3.81. The highest BCUT2D eigenvalue weighted by atomic mass is 32.2. The zero-order valence-corrected chi connectivity index (χ0v) is 17.4. The lowest BCUT2D eigenvalue weighted by Crippen LogP contribution is -2.43. The lowest BCUT2D eigenvalue weighted by Gasteiger charge is -2.35. The molecule has 2 aromatic carbocycles. The Hall–Kier alpha value is -2.59. The maximum Gasteiger partial charge on any atom is 0.258 e. The highest BCUT2D eigenvalue weighted by molar-refractivity contribution is 7.89. The number of hydrogen-bond donors (Lipinski definition) is 2. The van der Waals surface area contributed by atoms with Crippen molar-refractivity contribution >= 4 is 21.8 Å². The van der Waals surface area contributed by atoms with E-state index < -0.39 is 21.8 Å². The molecular weight excluding hydrogens is 406 g/mol. The summed E-state index contributed by atoms with van der Waals surface area (Å²) in [7, 11) is -3.87. The van der Waals surface area contributed by atoms with Crippen LogP contribution < -0.4 is 10.0 Å². The van der Waals surface area contributed by atoms with Crippen LogP contribution in [0.3, 0.4) is 0 Å². The van der Waals surface area contributed by atoms with Crippen molar-refractivity contribution in [1.29, 1.82) is 0 Å². The zero-order valence-electron chi connectivity index (χ0n) is 16.6. The Morgan fingerprint density at radius 3 is 2.53 bits per heavy atom. The van der Waals surface area contributed by atoms with E-state index in [9.17, 15) is 18.0 Å². The molecule has 9 heteroatoms. The number of benzene rings is 2. The summed E-state index contributed by atoms with van der Waals surface area (Å²) in [6, 6.07) is 11.8. The van der Waals surface area contributed by atoms with Crippen LogP contribution in [-0.2, 0) is 14.8 Å². The molecule has 0 saturated carbocycles. The van der Waals surface area contributed by atoms with Crippen molar-refractivity contribution in [3.8, 4) is 0 Å². The Kier molecular flexibility index (Phi) is 5.70. The summed E-state index contributed by atoms with van der Waals surface area (Å²) < 4.78 is 34.0. The number of nitrogens with one attached hydrogen (secondary N) is 2. The smallest absolute Gasteiger partial charge is 0.258 e. The number of fused-ring (bicyclic) bond motifs is 1. The molecular formula is C21H23N3O5S. The van der Waals surface area contributed by atoms with Gasteiger partial charge in [-0.15, -0.1) is 0 Å². The predicted octanol–water partition coefficient (Wildman–Crippen LogP) is 1.23. The molecule has 30 heavy (non-hydrogen) atoms. The van der Waals surface area contributed by atoms with E-state index in [1.165, 1.54) is 18.2 Å². The molecule has 4 rings (SSSR count). The number of carbonyl (C=O) groups excluding carboxylic acids is 2. The minimum atomic E-state index is -3.87. The summed E-state index contributed by atoms with van der Waals surface area (Å²) in [6.07, 6.45) is 0. The third-order valence-electron chi connectivity index (χ3n) is 5.40. The molecule has 0 aliphatic carbocycles. The first-order valence-corrected chi connectivity index (χ1v) is 11.2. The van der Waals surface area contributed by atoms with Crippen molar-refractivity contribution in [1.82, 2.24) is 14.9 Å². The molecule has 0 aromatic heterocycles. The number of ether oxygens (including phenoxy) is 1. The normalized spacial score (nSPS) is 18.2. The fourth-order valence-corrected chi connectivity index (χ4v) is 4.87. The van der Waals surface area contributed by atoms with Gasteiger partial charge in [-0.1, -0.05) is 29.8 Å². The molecule has 0 spiro atoms. The van der Waals surface area contributed by atoms with E-state index in [4.69, 9.17) is 4.74 Å². The van der Waals surface area contributed by atoms with Gasteiger partial charge in [0.15, 0.2) is 0 Å². The number of sulfonamides is 1. The lowest BCUT2D eigenvalue weighted by molar-refractivity contribution is 0.0172. The van der Waals surface area contributed by atoms with Crippen LogP contribution in [0.25, 0.3) is 0 Å². The van der Waals surface area contributed by atoms with Crippen molar-refractivity contribution in [2.75, 3.05) is 32.8 Å². The van der Waals surface area contributed by atoms with Gasteiger partial charge in [-0.2, -0.15) is 0 Å². The monoisotopic (exact) mass is 429 g/mol. The molecule has 1 saturated heterocycles. The number of morpholine rings is 1. The van der Waals surface area contributed by atoms with Gasteiger partial charge in [0, 0.05) is 25.7 Å².